The molecule has 1 amide bonds. The van der Waals surface area contributed by atoms with Crippen LogP contribution < -0.4 is 5.56 Å². The maximum atomic E-state index is 12.6. The summed E-state index contributed by atoms with van der Waals surface area (Å²) in [5.74, 6) is 0.621. The quantitative estimate of drug-likeness (QED) is 0.923. The van der Waals surface area contributed by atoms with E-state index in [9.17, 15) is 9.59 Å². The normalized spacial score (nSPS) is 18.1. The maximum Gasteiger partial charge on any atom is 0.251 e. The molecule has 122 valence electrons. The van der Waals surface area contributed by atoms with Gasteiger partial charge in [0, 0.05) is 23.9 Å². The number of ether oxygens (including phenoxy) is 1. The van der Waals surface area contributed by atoms with Gasteiger partial charge in [-0.15, -0.1) is 11.3 Å². The molecule has 0 saturated carbocycles. The van der Waals surface area contributed by atoms with Gasteiger partial charge < -0.3 is 14.6 Å². The predicted octanol–water partition coefficient (Wildman–Crippen LogP) is 1.67. The zero-order valence-electron chi connectivity index (χ0n) is 12.9. The molecule has 7 heteroatoms. The third-order valence-corrected chi connectivity index (χ3v) is 4.77. The monoisotopic (exact) mass is 333 g/mol. The molecule has 0 aliphatic carbocycles. The van der Waals surface area contributed by atoms with Crippen LogP contribution in [0.4, 0.5) is 0 Å². The fourth-order valence-corrected chi connectivity index (χ4v) is 3.46. The molecular weight excluding hydrogens is 314 g/mol. The maximum absolute atomic E-state index is 12.6. The molecule has 0 radical (unpaired) electrons. The van der Waals surface area contributed by atoms with Crippen LogP contribution in [-0.4, -0.2) is 40.5 Å². The van der Waals surface area contributed by atoms with Crippen LogP contribution in [0.25, 0.3) is 0 Å². The molecule has 1 aliphatic heterocycles. The number of aromatic nitrogens is 2. The number of amides is 1. The smallest absolute Gasteiger partial charge is 0.251 e. The molecule has 2 aromatic heterocycles. The van der Waals surface area contributed by atoms with Gasteiger partial charge in [0.2, 0.25) is 5.91 Å². The Morgan fingerprint density at radius 3 is 3.17 bits per heavy atom. The topological polar surface area (TPSA) is 75.3 Å². The van der Waals surface area contributed by atoms with E-state index >= 15 is 0 Å². The van der Waals surface area contributed by atoms with Gasteiger partial charge in [0.15, 0.2) is 0 Å². The van der Waals surface area contributed by atoms with Gasteiger partial charge in [-0.1, -0.05) is 6.07 Å². The van der Waals surface area contributed by atoms with Crippen molar-refractivity contribution in [3.63, 3.8) is 0 Å². The number of carbonyl (C=O) groups is 1. The Morgan fingerprint density at radius 1 is 1.57 bits per heavy atom. The number of aromatic amines is 1. The number of rotatable bonds is 4. The van der Waals surface area contributed by atoms with Gasteiger partial charge in [0.05, 0.1) is 24.9 Å². The molecule has 0 aromatic carbocycles. The molecule has 0 unspecified atom stereocenters. The number of aryl methyl sites for hydroxylation is 2. The Balaban J connectivity index is 1.75. The fraction of sp³-hybridized carbons (Fsp3) is 0.438. The summed E-state index contributed by atoms with van der Waals surface area (Å²) in [5.41, 5.74) is 0.388. The Bertz CT molecular complexity index is 726. The highest BCUT2D eigenvalue weighted by molar-refractivity contribution is 7.09. The van der Waals surface area contributed by atoms with Crippen LogP contribution >= 0.6 is 11.3 Å². The predicted molar refractivity (Wildman–Crippen MR) is 87.5 cm³/mol. The van der Waals surface area contributed by atoms with Crippen LogP contribution in [0.15, 0.2) is 28.4 Å². The standard InChI is InChI=1S/C16H19N3O3S/c1-11-17-13(9-15(20)18-11)14-10-22-7-6-19(14)16(21)5-4-12-3-2-8-23-12/h2-3,8-9,14H,4-7,10H2,1H3,(H,17,18,20)/t14-/m1/s1. The summed E-state index contributed by atoms with van der Waals surface area (Å²) in [6, 6.07) is 5.19. The van der Waals surface area contributed by atoms with Crippen molar-refractivity contribution in [1.82, 2.24) is 14.9 Å². The van der Waals surface area contributed by atoms with Crippen LogP contribution in [0.2, 0.25) is 0 Å². The van der Waals surface area contributed by atoms with Crippen molar-refractivity contribution in [2.75, 3.05) is 19.8 Å². The van der Waals surface area contributed by atoms with Crippen LogP contribution in [-0.2, 0) is 16.0 Å². The van der Waals surface area contributed by atoms with Gasteiger partial charge in [-0.25, -0.2) is 4.98 Å². The van der Waals surface area contributed by atoms with E-state index in [4.69, 9.17) is 4.74 Å². The van der Waals surface area contributed by atoms with Gasteiger partial charge in [-0.05, 0) is 24.8 Å². The molecule has 0 spiro atoms. The van der Waals surface area contributed by atoms with Crippen LogP contribution in [0.5, 0.6) is 0 Å². The summed E-state index contributed by atoms with van der Waals surface area (Å²) in [7, 11) is 0. The molecule has 2 aromatic rings. The summed E-state index contributed by atoms with van der Waals surface area (Å²) >= 11 is 1.66. The molecule has 1 atom stereocenters. The first-order valence-corrected chi connectivity index (χ1v) is 8.49. The lowest BCUT2D eigenvalue weighted by Gasteiger charge is -2.35. The number of hydrogen-bond acceptors (Lipinski definition) is 5. The summed E-state index contributed by atoms with van der Waals surface area (Å²) in [4.78, 5) is 34.3. The minimum absolute atomic E-state index is 0.0754. The van der Waals surface area contributed by atoms with E-state index in [1.807, 2.05) is 17.5 Å². The number of morpholine rings is 1. The molecule has 3 heterocycles. The van der Waals surface area contributed by atoms with Gasteiger partial charge in [0.1, 0.15) is 5.82 Å². The number of thiophene rings is 1. The lowest BCUT2D eigenvalue weighted by atomic mass is 10.1. The first kappa shape index (κ1) is 15.9. The van der Waals surface area contributed by atoms with Gasteiger partial charge in [0.25, 0.3) is 5.56 Å². The highest BCUT2D eigenvalue weighted by atomic mass is 32.1. The zero-order valence-corrected chi connectivity index (χ0v) is 13.8. The van der Waals surface area contributed by atoms with Crippen molar-refractivity contribution in [3.8, 4) is 0 Å². The Labute approximate surface area is 138 Å². The van der Waals surface area contributed by atoms with Gasteiger partial charge in [-0.2, -0.15) is 0 Å². The summed E-state index contributed by atoms with van der Waals surface area (Å²) in [6.07, 6.45) is 1.20. The third kappa shape index (κ3) is 3.86. The molecule has 1 aliphatic rings. The average molecular weight is 333 g/mol. The van der Waals surface area contributed by atoms with Crippen molar-refractivity contribution in [1.29, 1.82) is 0 Å². The minimum atomic E-state index is -0.291. The summed E-state index contributed by atoms with van der Waals surface area (Å²) in [6.45, 7) is 3.16. The Hall–Kier alpha value is -1.99. The third-order valence-electron chi connectivity index (χ3n) is 3.84. The number of carbonyl (C=O) groups excluding carboxylic acids is 1. The summed E-state index contributed by atoms with van der Waals surface area (Å²) in [5, 5.41) is 2.01. The van der Waals surface area contributed by atoms with Gasteiger partial charge in [-0.3, -0.25) is 9.59 Å². The number of H-pyrrole nitrogens is 1. The minimum Gasteiger partial charge on any atom is -0.377 e. The SMILES string of the molecule is Cc1nc([C@H]2COCCN2C(=O)CCc2cccs2)cc(=O)[nH]1. The molecule has 1 fully saturated rings. The number of hydrogen-bond donors (Lipinski definition) is 1. The van der Waals surface area contributed by atoms with Crippen LogP contribution in [0, 0.1) is 6.92 Å². The molecular formula is C16H19N3O3S. The van der Waals surface area contributed by atoms with E-state index in [1.165, 1.54) is 10.9 Å². The lowest BCUT2D eigenvalue weighted by molar-refractivity contribution is -0.140. The first-order chi connectivity index (χ1) is 11.1. The molecule has 0 bridgehead atoms. The highest BCUT2D eigenvalue weighted by Crippen LogP contribution is 2.23. The second-order valence-corrected chi connectivity index (χ2v) is 6.55. The van der Waals surface area contributed by atoms with E-state index in [2.05, 4.69) is 9.97 Å². The van der Waals surface area contributed by atoms with E-state index in [-0.39, 0.29) is 17.5 Å². The second kappa shape index (κ2) is 7.06. The van der Waals surface area contributed by atoms with E-state index < -0.39 is 0 Å². The van der Waals surface area contributed by atoms with E-state index in [0.29, 0.717) is 37.7 Å². The van der Waals surface area contributed by atoms with Crippen LogP contribution in [0.3, 0.4) is 0 Å². The first-order valence-electron chi connectivity index (χ1n) is 7.61. The lowest BCUT2D eigenvalue weighted by Crippen LogP contribution is -2.44. The van der Waals surface area contributed by atoms with Crippen molar-refractivity contribution in [3.05, 3.63) is 50.3 Å². The summed E-state index contributed by atoms with van der Waals surface area (Å²) < 4.78 is 5.50. The molecule has 23 heavy (non-hydrogen) atoms. The van der Waals surface area contributed by atoms with E-state index in [0.717, 1.165) is 6.42 Å². The largest absolute Gasteiger partial charge is 0.377 e. The average Bonchev–Trinajstić information content (AvgIpc) is 3.05. The van der Waals surface area contributed by atoms with E-state index in [1.54, 1.807) is 23.2 Å². The van der Waals surface area contributed by atoms with Crippen molar-refractivity contribution >= 4 is 17.2 Å². The molecule has 1 saturated heterocycles. The van der Waals surface area contributed by atoms with Gasteiger partial charge >= 0.3 is 0 Å². The molecule has 3 rings (SSSR count). The molecule has 1 N–H and O–H groups in total. The van der Waals surface area contributed by atoms with Crippen LogP contribution in [0.1, 0.15) is 28.9 Å². The van der Waals surface area contributed by atoms with Crippen molar-refractivity contribution in [2.24, 2.45) is 0 Å². The molecule has 6 nitrogen and oxygen atoms in total. The highest BCUT2D eigenvalue weighted by Gasteiger charge is 2.29. The van der Waals surface area contributed by atoms with Crippen molar-refractivity contribution < 1.29 is 9.53 Å². The Morgan fingerprint density at radius 2 is 2.43 bits per heavy atom. The fourth-order valence-electron chi connectivity index (χ4n) is 2.75. The number of nitrogens with one attached hydrogen (secondary N) is 1. The Kier molecular flexibility index (Phi) is 4.88. The zero-order chi connectivity index (χ0) is 16.2. The second-order valence-electron chi connectivity index (χ2n) is 5.51. The van der Waals surface area contributed by atoms with Crippen molar-refractivity contribution in [2.45, 2.75) is 25.8 Å². The number of nitrogens with zero attached hydrogens (tertiary/aromatic N) is 2.